The Kier molecular flexibility index (Phi) is 5.00. The Labute approximate surface area is 85.5 Å². The lowest BCUT2D eigenvalue weighted by Gasteiger charge is -2.08. The van der Waals surface area contributed by atoms with Crippen LogP contribution in [0.3, 0.4) is 0 Å². The van der Waals surface area contributed by atoms with Gasteiger partial charge in [-0.05, 0) is 32.4 Å². The third kappa shape index (κ3) is 4.82. The van der Waals surface area contributed by atoms with Gasteiger partial charge in [0.1, 0.15) is 5.82 Å². The zero-order valence-corrected chi connectivity index (χ0v) is 8.86. The Balaban J connectivity index is 2.05. The average molecular weight is 194 g/mol. The number of rotatable bonds is 6. The molecule has 1 rings (SSSR count). The summed E-state index contributed by atoms with van der Waals surface area (Å²) in [6.07, 6.45) is 3.12. The van der Waals surface area contributed by atoms with E-state index in [-0.39, 0.29) is 0 Å². The number of ether oxygens (including phenoxy) is 1. The summed E-state index contributed by atoms with van der Waals surface area (Å²) in [4.78, 5) is 4.16. The Hall–Kier alpha value is -1.09. The highest BCUT2D eigenvalue weighted by molar-refractivity contribution is 5.32. The van der Waals surface area contributed by atoms with E-state index in [0.29, 0.717) is 6.10 Å². The Bertz CT molecular complexity index is 236. The van der Waals surface area contributed by atoms with Crippen molar-refractivity contribution in [2.24, 2.45) is 0 Å². The maximum absolute atomic E-state index is 5.42. The lowest BCUT2D eigenvalue weighted by molar-refractivity contribution is 0.0787. The van der Waals surface area contributed by atoms with Crippen molar-refractivity contribution in [1.29, 1.82) is 0 Å². The van der Waals surface area contributed by atoms with E-state index in [0.717, 1.165) is 25.4 Å². The monoisotopic (exact) mass is 194 g/mol. The number of anilines is 1. The van der Waals surface area contributed by atoms with E-state index in [1.807, 2.05) is 32.0 Å². The number of nitrogens with zero attached hydrogens (tertiary/aromatic N) is 1. The lowest BCUT2D eigenvalue weighted by atomic mass is 10.4. The second kappa shape index (κ2) is 6.38. The molecule has 14 heavy (non-hydrogen) atoms. The van der Waals surface area contributed by atoms with Gasteiger partial charge in [-0.3, -0.25) is 0 Å². The van der Waals surface area contributed by atoms with Crippen molar-refractivity contribution < 1.29 is 4.74 Å². The van der Waals surface area contributed by atoms with Gasteiger partial charge < -0.3 is 10.1 Å². The van der Waals surface area contributed by atoms with Gasteiger partial charge in [0.15, 0.2) is 0 Å². The van der Waals surface area contributed by atoms with Crippen LogP contribution in [0.25, 0.3) is 0 Å². The quantitative estimate of drug-likeness (QED) is 0.706. The molecule has 0 unspecified atom stereocenters. The van der Waals surface area contributed by atoms with Crippen molar-refractivity contribution in [3.63, 3.8) is 0 Å². The third-order valence-corrected chi connectivity index (χ3v) is 1.74. The summed E-state index contributed by atoms with van der Waals surface area (Å²) < 4.78 is 5.42. The highest BCUT2D eigenvalue weighted by atomic mass is 16.5. The molecule has 0 aromatic carbocycles. The summed E-state index contributed by atoms with van der Waals surface area (Å²) in [5, 5.41) is 3.23. The Morgan fingerprint density at radius 1 is 1.43 bits per heavy atom. The molecule has 0 amide bonds. The fourth-order valence-corrected chi connectivity index (χ4v) is 1.07. The molecule has 1 aromatic heterocycles. The molecule has 1 aromatic rings. The molecule has 78 valence electrons. The van der Waals surface area contributed by atoms with E-state index in [4.69, 9.17) is 4.74 Å². The molecule has 3 heteroatoms. The summed E-state index contributed by atoms with van der Waals surface area (Å²) in [7, 11) is 0. The molecule has 3 nitrogen and oxygen atoms in total. The van der Waals surface area contributed by atoms with E-state index in [1.54, 1.807) is 6.20 Å². The maximum Gasteiger partial charge on any atom is 0.125 e. The first-order chi connectivity index (χ1) is 6.79. The van der Waals surface area contributed by atoms with Crippen LogP contribution in [0.2, 0.25) is 0 Å². The zero-order chi connectivity index (χ0) is 10.2. The first kappa shape index (κ1) is 11.0. The first-order valence-corrected chi connectivity index (χ1v) is 5.05. The van der Waals surface area contributed by atoms with Gasteiger partial charge in [0.25, 0.3) is 0 Å². The topological polar surface area (TPSA) is 34.1 Å². The predicted octanol–water partition coefficient (Wildman–Crippen LogP) is 2.31. The van der Waals surface area contributed by atoms with Gasteiger partial charge in [0, 0.05) is 19.3 Å². The third-order valence-electron chi connectivity index (χ3n) is 1.74. The molecule has 0 saturated heterocycles. The second-order valence-electron chi connectivity index (χ2n) is 3.41. The molecule has 0 atom stereocenters. The van der Waals surface area contributed by atoms with E-state index >= 15 is 0 Å². The number of pyridine rings is 1. The summed E-state index contributed by atoms with van der Waals surface area (Å²) in [5.74, 6) is 0.928. The fourth-order valence-electron chi connectivity index (χ4n) is 1.07. The van der Waals surface area contributed by atoms with Gasteiger partial charge in [-0.1, -0.05) is 6.07 Å². The predicted molar refractivity (Wildman–Crippen MR) is 58.4 cm³/mol. The molecule has 1 N–H and O–H groups in total. The van der Waals surface area contributed by atoms with Crippen LogP contribution in [0.5, 0.6) is 0 Å². The van der Waals surface area contributed by atoms with Gasteiger partial charge in [-0.2, -0.15) is 0 Å². The summed E-state index contributed by atoms with van der Waals surface area (Å²) >= 11 is 0. The summed E-state index contributed by atoms with van der Waals surface area (Å²) in [5.41, 5.74) is 0. The van der Waals surface area contributed by atoms with Crippen LogP contribution in [-0.4, -0.2) is 24.2 Å². The van der Waals surface area contributed by atoms with Crippen molar-refractivity contribution in [3.05, 3.63) is 24.4 Å². The van der Waals surface area contributed by atoms with E-state index in [9.17, 15) is 0 Å². The van der Waals surface area contributed by atoms with Crippen molar-refractivity contribution in [2.45, 2.75) is 26.4 Å². The highest BCUT2D eigenvalue weighted by Gasteiger charge is 1.93. The van der Waals surface area contributed by atoms with Crippen molar-refractivity contribution >= 4 is 5.82 Å². The van der Waals surface area contributed by atoms with Crippen LogP contribution >= 0.6 is 0 Å². The second-order valence-corrected chi connectivity index (χ2v) is 3.41. The van der Waals surface area contributed by atoms with E-state index < -0.39 is 0 Å². The minimum Gasteiger partial charge on any atom is -0.379 e. The van der Waals surface area contributed by atoms with E-state index in [2.05, 4.69) is 10.3 Å². The van der Waals surface area contributed by atoms with Gasteiger partial charge in [0.2, 0.25) is 0 Å². The summed E-state index contributed by atoms with van der Waals surface area (Å²) in [6, 6.07) is 5.84. The first-order valence-electron chi connectivity index (χ1n) is 5.05. The van der Waals surface area contributed by atoms with Crippen LogP contribution < -0.4 is 5.32 Å². The molecule has 0 spiro atoms. The summed E-state index contributed by atoms with van der Waals surface area (Å²) in [6.45, 7) is 5.81. The number of hydrogen-bond donors (Lipinski definition) is 1. The van der Waals surface area contributed by atoms with Crippen LogP contribution in [-0.2, 0) is 4.74 Å². The zero-order valence-electron chi connectivity index (χ0n) is 8.86. The maximum atomic E-state index is 5.42. The molecular weight excluding hydrogens is 176 g/mol. The average Bonchev–Trinajstić information content (AvgIpc) is 2.18. The van der Waals surface area contributed by atoms with Gasteiger partial charge in [0.05, 0.1) is 6.10 Å². The Morgan fingerprint density at radius 2 is 2.29 bits per heavy atom. The molecular formula is C11H18N2O. The molecule has 0 aliphatic carbocycles. The van der Waals surface area contributed by atoms with Crippen LogP contribution in [0.1, 0.15) is 20.3 Å². The SMILES string of the molecule is CC(C)OCCCNc1ccccn1. The molecule has 0 aliphatic rings. The van der Waals surface area contributed by atoms with Crippen LogP contribution in [0, 0.1) is 0 Å². The van der Waals surface area contributed by atoms with Crippen molar-refractivity contribution in [3.8, 4) is 0 Å². The molecule has 0 radical (unpaired) electrons. The number of hydrogen-bond acceptors (Lipinski definition) is 3. The standard InChI is InChI=1S/C11H18N2O/c1-10(2)14-9-5-8-13-11-6-3-4-7-12-11/h3-4,6-7,10H,5,8-9H2,1-2H3,(H,12,13). The smallest absolute Gasteiger partial charge is 0.125 e. The minimum atomic E-state index is 0.324. The van der Waals surface area contributed by atoms with Crippen LogP contribution in [0.4, 0.5) is 5.82 Å². The molecule has 0 bridgehead atoms. The Morgan fingerprint density at radius 3 is 2.93 bits per heavy atom. The minimum absolute atomic E-state index is 0.324. The van der Waals surface area contributed by atoms with Crippen molar-refractivity contribution in [1.82, 2.24) is 4.98 Å². The molecule has 0 fully saturated rings. The van der Waals surface area contributed by atoms with E-state index in [1.165, 1.54) is 0 Å². The van der Waals surface area contributed by atoms with Crippen LogP contribution in [0.15, 0.2) is 24.4 Å². The fraction of sp³-hybridized carbons (Fsp3) is 0.545. The largest absolute Gasteiger partial charge is 0.379 e. The number of aromatic nitrogens is 1. The molecule has 0 aliphatic heterocycles. The van der Waals surface area contributed by atoms with Gasteiger partial charge in [-0.25, -0.2) is 4.98 Å². The highest BCUT2D eigenvalue weighted by Crippen LogP contribution is 1.99. The van der Waals surface area contributed by atoms with Crippen molar-refractivity contribution in [2.75, 3.05) is 18.5 Å². The van der Waals surface area contributed by atoms with Gasteiger partial charge in [-0.15, -0.1) is 0 Å². The van der Waals surface area contributed by atoms with Gasteiger partial charge >= 0.3 is 0 Å². The lowest BCUT2D eigenvalue weighted by Crippen LogP contribution is -2.09. The molecule has 1 heterocycles. The molecule has 0 saturated carbocycles. The normalized spacial score (nSPS) is 10.5. The number of nitrogens with one attached hydrogen (secondary N) is 1.